The lowest BCUT2D eigenvalue weighted by Gasteiger charge is -2.22. The molecule has 1 aromatic carbocycles. The van der Waals surface area contributed by atoms with Crippen LogP contribution in [0.15, 0.2) is 28.8 Å². The van der Waals surface area contributed by atoms with Crippen LogP contribution in [0.3, 0.4) is 0 Å². The smallest absolute Gasteiger partial charge is 0.337 e. The summed E-state index contributed by atoms with van der Waals surface area (Å²) in [5.74, 6) is -1.17. The second-order valence-electron chi connectivity index (χ2n) is 4.52. The Morgan fingerprint density at radius 2 is 2.00 bits per heavy atom. The van der Waals surface area contributed by atoms with E-state index in [4.69, 9.17) is 5.73 Å². The number of hydrogen-bond donors (Lipinski definition) is 1. The van der Waals surface area contributed by atoms with E-state index in [0.29, 0.717) is 5.56 Å². The van der Waals surface area contributed by atoms with Crippen LogP contribution in [-0.2, 0) is 12.0 Å². The molecule has 0 fully saturated rings. The Labute approximate surface area is 111 Å². The van der Waals surface area contributed by atoms with Crippen LogP contribution >= 0.6 is 0 Å². The lowest BCUT2D eigenvalue weighted by Crippen LogP contribution is -2.48. The first kappa shape index (κ1) is 14.4. The molecule has 4 nitrogen and oxygen atoms in total. The van der Waals surface area contributed by atoms with Crippen LogP contribution in [0.4, 0.5) is 17.6 Å². The summed E-state index contributed by atoms with van der Waals surface area (Å²) >= 11 is 0. The molecular weight excluding hydrogens is 278 g/mol. The molecule has 0 bridgehead atoms. The molecule has 1 heterocycles. The Morgan fingerprint density at radius 1 is 1.30 bits per heavy atom. The fourth-order valence-corrected chi connectivity index (χ4v) is 1.49. The Kier molecular flexibility index (Phi) is 3.51. The van der Waals surface area contributed by atoms with Gasteiger partial charge in [0.1, 0.15) is 5.82 Å². The van der Waals surface area contributed by atoms with Gasteiger partial charge in [-0.1, -0.05) is 17.3 Å². The third-order valence-corrected chi connectivity index (χ3v) is 2.75. The zero-order valence-electron chi connectivity index (χ0n) is 10.4. The molecule has 1 unspecified atom stereocenters. The molecule has 2 rings (SSSR count). The van der Waals surface area contributed by atoms with Gasteiger partial charge in [-0.15, -0.1) is 0 Å². The highest BCUT2D eigenvalue weighted by atomic mass is 19.4. The number of halogens is 4. The van der Waals surface area contributed by atoms with Crippen molar-refractivity contribution in [3.05, 3.63) is 47.4 Å². The SMILES string of the molecule is CC(N)(c1nc(Cc2cccc(F)c2)no1)C(F)(F)F. The number of rotatable bonds is 3. The second kappa shape index (κ2) is 4.86. The van der Waals surface area contributed by atoms with Crippen LogP contribution in [0.1, 0.15) is 24.2 Å². The van der Waals surface area contributed by atoms with Crippen LogP contribution in [0.25, 0.3) is 0 Å². The molecule has 20 heavy (non-hydrogen) atoms. The fraction of sp³-hybridized carbons (Fsp3) is 0.333. The summed E-state index contributed by atoms with van der Waals surface area (Å²) in [6.07, 6.45) is -4.66. The lowest BCUT2D eigenvalue weighted by atomic mass is 10.0. The number of alkyl halides is 3. The number of aromatic nitrogens is 2. The molecule has 0 radical (unpaired) electrons. The Balaban J connectivity index is 2.22. The quantitative estimate of drug-likeness (QED) is 0.882. The Hall–Kier alpha value is -1.96. The highest BCUT2D eigenvalue weighted by Gasteiger charge is 2.53. The van der Waals surface area contributed by atoms with Crippen molar-refractivity contribution in [3.8, 4) is 0 Å². The van der Waals surface area contributed by atoms with Gasteiger partial charge in [-0.05, 0) is 24.6 Å². The summed E-state index contributed by atoms with van der Waals surface area (Å²) in [4.78, 5) is 3.63. The van der Waals surface area contributed by atoms with Gasteiger partial charge in [0, 0.05) is 6.42 Å². The van der Waals surface area contributed by atoms with E-state index in [2.05, 4.69) is 14.7 Å². The van der Waals surface area contributed by atoms with Crippen molar-refractivity contribution in [3.63, 3.8) is 0 Å². The maximum absolute atomic E-state index is 13.0. The maximum Gasteiger partial charge on any atom is 0.415 e. The minimum atomic E-state index is -4.71. The van der Waals surface area contributed by atoms with Crippen molar-refractivity contribution in [2.24, 2.45) is 5.73 Å². The Bertz CT molecular complexity index is 607. The van der Waals surface area contributed by atoms with E-state index in [1.165, 1.54) is 18.2 Å². The van der Waals surface area contributed by atoms with Gasteiger partial charge in [0.05, 0.1) is 0 Å². The zero-order valence-corrected chi connectivity index (χ0v) is 10.4. The van der Waals surface area contributed by atoms with Crippen LogP contribution in [-0.4, -0.2) is 16.3 Å². The number of hydrogen-bond acceptors (Lipinski definition) is 4. The lowest BCUT2D eigenvalue weighted by molar-refractivity contribution is -0.190. The number of nitrogens with two attached hydrogens (primary N) is 1. The molecule has 0 amide bonds. The summed E-state index contributed by atoms with van der Waals surface area (Å²) < 4.78 is 55.7. The molecule has 2 aromatic rings. The van der Waals surface area contributed by atoms with Gasteiger partial charge in [-0.3, -0.25) is 0 Å². The topological polar surface area (TPSA) is 64.9 Å². The van der Waals surface area contributed by atoms with E-state index in [1.54, 1.807) is 6.07 Å². The zero-order chi connectivity index (χ0) is 15.0. The highest BCUT2D eigenvalue weighted by molar-refractivity contribution is 5.20. The average Bonchev–Trinajstić information content (AvgIpc) is 2.76. The molecule has 0 aliphatic rings. The van der Waals surface area contributed by atoms with Gasteiger partial charge in [0.25, 0.3) is 5.89 Å². The van der Waals surface area contributed by atoms with Crippen molar-refractivity contribution < 1.29 is 22.1 Å². The molecular formula is C12H11F4N3O. The van der Waals surface area contributed by atoms with Crippen LogP contribution in [0.5, 0.6) is 0 Å². The van der Waals surface area contributed by atoms with Gasteiger partial charge in [0.2, 0.25) is 0 Å². The summed E-state index contributed by atoms with van der Waals surface area (Å²) in [6, 6.07) is 5.58. The fourth-order valence-electron chi connectivity index (χ4n) is 1.49. The van der Waals surface area contributed by atoms with Crippen molar-refractivity contribution in [1.82, 2.24) is 10.1 Å². The van der Waals surface area contributed by atoms with E-state index < -0.39 is 23.4 Å². The molecule has 0 saturated heterocycles. The summed E-state index contributed by atoms with van der Waals surface area (Å²) in [5, 5.41) is 3.43. The van der Waals surface area contributed by atoms with E-state index in [1.807, 2.05) is 0 Å². The molecule has 1 aromatic heterocycles. The van der Waals surface area contributed by atoms with E-state index in [-0.39, 0.29) is 12.2 Å². The number of benzene rings is 1. The van der Waals surface area contributed by atoms with Gasteiger partial charge in [0.15, 0.2) is 11.4 Å². The highest BCUT2D eigenvalue weighted by Crippen LogP contribution is 2.35. The first-order valence-corrected chi connectivity index (χ1v) is 5.63. The maximum atomic E-state index is 13.0. The van der Waals surface area contributed by atoms with Crippen LogP contribution < -0.4 is 5.73 Å². The molecule has 108 valence electrons. The van der Waals surface area contributed by atoms with E-state index in [0.717, 1.165) is 6.92 Å². The van der Waals surface area contributed by atoms with Crippen molar-refractivity contribution >= 4 is 0 Å². The predicted octanol–water partition coefficient (Wildman–Crippen LogP) is 2.54. The first-order chi connectivity index (χ1) is 9.20. The summed E-state index contributed by atoms with van der Waals surface area (Å²) in [7, 11) is 0. The molecule has 0 saturated carbocycles. The normalized spacial score (nSPS) is 15.1. The van der Waals surface area contributed by atoms with E-state index in [9.17, 15) is 17.6 Å². The van der Waals surface area contributed by atoms with Crippen molar-refractivity contribution in [2.75, 3.05) is 0 Å². The predicted molar refractivity (Wildman–Crippen MR) is 61.1 cm³/mol. The third-order valence-electron chi connectivity index (χ3n) is 2.75. The van der Waals surface area contributed by atoms with Gasteiger partial charge >= 0.3 is 6.18 Å². The largest absolute Gasteiger partial charge is 0.415 e. The molecule has 0 spiro atoms. The van der Waals surface area contributed by atoms with Crippen molar-refractivity contribution in [2.45, 2.75) is 25.1 Å². The van der Waals surface area contributed by atoms with E-state index >= 15 is 0 Å². The minimum absolute atomic E-state index is 0.00604. The molecule has 1 atom stereocenters. The molecule has 2 N–H and O–H groups in total. The minimum Gasteiger partial charge on any atom is -0.337 e. The molecule has 8 heteroatoms. The van der Waals surface area contributed by atoms with Crippen molar-refractivity contribution in [1.29, 1.82) is 0 Å². The van der Waals surface area contributed by atoms with Crippen LogP contribution in [0.2, 0.25) is 0 Å². The van der Waals surface area contributed by atoms with Gasteiger partial charge in [-0.25, -0.2) is 4.39 Å². The third kappa shape index (κ3) is 2.79. The van der Waals surface area contributed by atoms with Gasteiger partial charge in [-0.2, -0.15) is 18.2 Å². The first-order valence-electron chi connectivity index (χ1n) is 5.63. The van der Waals surface area contributed by atoms with Gasteiger partial charge < -0.3 is 10.3 Å². The number of nitrogens with zero attached hydrogens (tertiary/aromatic N) is 2. The standard InChI is InChI=1S/C12H11F4N3O/c1-11(17,12(14,15)16)10-18-9(19-20-10)6-7-3-2-4-8(13)5-7/h2-5H,6,17H2,1H3. The summed E-state index contributed by atoms with van der Waals surface area (Å²) in [5.41, 5.74) is 2.96. The second-order valence-corrected chi connectivity index (χ2v) is 4.52. The monoisotopic (exact) mass is 289 g/mol. The average molecular weight is 289 g/mol. The summed E-state index contributed by atoms with van der Waals surface area (Å²) in [6.45, 7) is 0.743. The Morgan fingerprint density at radius 3 is 2.60 bits per heavy atom. The molecule has 0 aliphatic carbocycles. The molecule has 0 aliphatic heterocycles. The van der Waals surface area contributed by atoms with Crippen LogP contribution in [0, 0.1) is 5.82 Å².